The fourth-order valence-electron chi connectivity index (χ4n) is 0.891. The van der Waals surface area contributed by atoms with Crippen molar-refractivity contribution < 1.29 is 0 Å². The molecular formula is C10H14BrNO. The SMILES string of the molecule is CC.Cc1cc(Br)c(C)c(N=O)c1. The van der Waals surface area contributed by atoms with Crippen LogP contribution in [0.2, 0.25) is 0 Å². The van der Waals surface area contributed by atoms with Crippen LogP contribution in [0, 0.1) is 18.8 Å². The van der Waals surface area contributed by atoms with E-state index in [1.165, 1.54) is 0 Å². The number of rotatable bonds is 1. The van der Waals surface area contributed by atoms with Gasteiger partial charge in [0.25, 0.3) is 0 Å². The van der Waals surface area contributed by atoms with Crippen LogP contribution in [0.1, 0.15) is 25.0 Å². The Bertz CT molecular complexity index is 297. The number of aryl methyl sites for hydroxylation is 1. The van der Waals surface area contributed by atoms with Crippen LogP contribution in [-0.2, 0) is 0 Å². The van der Waals surface area contributed by atoms with Crippen LogP contribution in [0.25, 0.3) is 0 Å². The summed E-state index contributed by atoms with van der Waals surface area (Å²) in [6, 6.07) is 3.73. The third-order valence-corrected chi connectivity index (χ3v) is 2.38. The molecule has 0 bridgehead atoms. The Morgan fingerprint density at radius 1 is 1.23 bits per heavy atom. The highest BCUT2D eigenvalue weighted by molar-refractivity contribution is 9.10. The van der Waals surface area contributed by atoms with Gasteiger partial charge >= 0.3 is 0 Å². The lowest BCUT2D eigenvalue weighted by Gasteiger charge is -2.01. The van der Waals surface area contributed by atoms with Crippen LogP contribution < -0.4 is 0 Å². The normalized spacial score (nSPS) is 8.69. The van der Waals surface area contributed by atoms with Crippen LogP contribution in [0.15, 0.2) is 21.8 Å². The Hall–Kier alpha value is -0.700. The van der Waals surface area contributed by atoms with E-state index < -0.39 is 0 Å². The molecule has 0 radical (unpaired) electrons. The van der Waals surface area contributed by atoms with E-state index in [1.54, 1.807) is 6.07 Å². The van der Waals surface area contributed by atoms with Gasteiger partial charge < -0.3 is 0 Å². The Balaban J connectivity index is 0.000000671. The number of nitroso groups, excluding NO2 is 1. The van der Waals surface area contributed by atoms with Gasteiger partial charge in [-0.15, -0.1) is 4.91 Å². The molecule has 0 saturated heterocycles. The molecule has 1 aromatic carbocycles. The summed E-state index contributed by atoms with van der Waals surface area (Å²) in [4.78, 5) is 10.3. The molecule has 0 spiro atoms. The summed E-state index contributed by atoms with van der Waals surface area (Å²) in [6.45, 7) is 7.79. The molecule has 1 aromatic rings. The van der Waals surface area contributed by atoms with Gasteiger partial charge in [0, 0.05) is 4.47 Å². The Morgan fingerprint density at radius 2 is 1.77 bits per heavy atom. The minimum absolute atomic E-state index is 0.511. The van der Waals surface area contributed by atoms with Crippen molar-refractivity contribution >= 4 is 21.6 Å². The first-order chi connectivity index (χ1) is 6.15. The summed E-state index contributed by atoms with van der Waals surface area (Å²) >= 11 is 3.34. The summed E-state index contributed by atoms with van der Waals surface area (Å²) in [5.41, 5.74) is 2.44. The van der Waals surface area contributed by atoms with Crippen LogP contribution in [0.4, 0.5) is 5.69 Å². The van der Waals surface area contributed by atoms with Gasteiger partial charge in [-0.2, -0.15) is 0 Å². The number of nitrogens with zero attached hydrogens (tertiary/aromatic N) is 1. The molecule has 72 valence electrons. The van der Waals surface area contributed by atoms with Crippen molar-refractivity contribution in [3.63, 3.8) is 0 Å². The van der Waals surface area contributed by atoms with E-state index in [9.17, 15) is 4.91 Å². The number of hydrogen-bond acceptors (Lipinski definition) is 2. The zero-order valence-corrected chi connectivity index (χ0v) is 9.97. The van der Waals surface area contributed by atoms with Crippen molar-refractivity contribution in [1.29, 1.82) is 0 Å². The fourth-order valence-corrected chi connectivity index (χ4v) is 1.46. The summed E-state index contributed by atoms with van der Waals surface area (Å²) in [5.74, 6) is 0. The van der Waals surface area contributed by atoms with E-state index >= 15 is 0 Å². The lowest BCUT2D eigenvalue weighted by Crippen LogP contribution is -1.79. The lowest BCUT2D eigenvalue weighted by atomic mass is 10.1. The molecule has 0 saturated carbocycles. The molecule has 0 amide bonds. The van der Waals surface area contributed by atoms with Gasteiger partial charge in [0.05, 0.1) is 0 Å². The molecule has 0 aliphatic rings. The Morgan fingerprint density at radius 3 is 2.23 bits per heavy atom. The second-order valence-electron chi connectivity index (χ2n) is 2.48. The molecule has 0 unspecified atom stereocenters. The fraction of sp³-hybridized carbons (Fsp3) is 0.400. The van der Waals surface area contributed by atoms with Gasteiger partial charge in [-0.1, -0.05) is 29.8 Å². The predicted octanol–water partition coefficient (Wildman–Crippen LogP) is 4.49. The average Bonchev–Trinajstić information content (AvgIpc) is 2.14. The van der Waals surface area contributed by atoms with Crippen molar-refractivity contribution in [2.45, 2.75) is 27.7 Å². The lowest BCUT2D eigenvalue weighted by molar-refractivity contribution is 1.32. The number of halogens is 1. The van der Waals surface area contributed by atoms with E-state index in [4.69, 9.17) is 0 Å². The van der Waals surface area contributed by atoms with E-state index in [0.29, 0.717) is 5.69 Å². The van der Waals surface area contributed by atoms with Crippen molar-refractivity contribution in [2.75, 3.05) is 0 Å². The summed E-state index contributed by atoms with van der Waals surface area (Å²) in [6.07, 6.45) is 0. The molecule has 0 aliphatic heterocycles. The van der Waals surface area contributed by atoms with Gasteiger partial charge in [-0.3, -0.25) is 0 Å². The maximum Gasteiger partial charge on any atom is 0.112 e. The largest absolute Gasteiger partial charge is 0.145 e. The third kappa shape index (κ3) is 3.27. The molecule has 3 heteroatoms. The zero-order valence-electron chi connectivity index (χ0n) is 8.39. The maximum absolute atomic E-state index is 10.3. The first-order valence-electron chi connectivity index (χ1n) is 4.25. The molecule has 13 heavy (non-hydrogen) atoms. The molecule has 0 heterocycles. The molecule has 0 aromatic heterocycles. The Labute approximate surface area is 87.5 Å². The van der Waals surface area contributed by atoms with Gasteiger partial charge in [0.1, 0.15) is 5.69 Å². The minimum Gasteiger partial charge on any atom is -0.145 e. The van der Waals surface area contributed by atoms with Crippen molar-refractivity contribution in [3.8, 4) is 0 Å². The molecule has 0 atom stereocenters. The summed E-state index contributed by atoms with van der Waals surface area (Å²) < 4.78 is 0.937. The Kier molecular flexibility index (Phi) is 5.55. The van der Waals surface area contributed by atoms with Crippen molar-refractivity contribution in [1.82, 2.24) is 0 Å². The van der Waals surface area contributed by atoms with Gasteiger partial charge in [-0.25, -0.2) is 0 Å². The monoisotopic (exact) mass is 243 g/mol. The third-order valence-electron chi connectivity index (χ3n) is 1.56. The predicted molar refractivity (Wildman–Crippen MR) is 60.4 cm³/mol. The molecule has 0 N–H and O–H groups in total. The van der Waals surface area contributed by atoms with Crippen molar-refractivity contribution in [2.24, 2.45) is 5.18 Å². The topological polar surface area (TPSA) is 29.4 Å². The molecule has 0 fully saturated rings. The van der Waals surface area contributed by atoms with E-state index in [-0.39, 0.29) is 0 Å². The maximum atomic E-state index is 10.3. The highest BCUT2D eigenvalue weighted by atomic mass is 79.9. The smallest absolute Gasteiger partial charge is 0.112 e. The van der Waals surface area contributed by atoms with Crippen LogP contribution in [0.5, 0.6) is 0 Å². The molecular weight excluding hydrogens is 230 g/mol. The van der Waals surface area contributed by atoms with Crippen LogP contribution in [-0.4, -0.2) is 0 Å². The standard InChI is InChI=1S/C8H8BrNO.C2H6/c1-5-3-7(9)6(2)8(4-5)10-11;1-2/h3-4H,1-2H3;1-2H3. The van der Waals surface area contributed by atoms with E-state index in [0.717, 1.165) is 15.6 Å². The average molecular weight is 244 g/mol. The first kappa shape index (κ1) is 12.3. The minimum atomic E-state index is 0.511. The van der Waals surface area contributed by atoms with E-state index in [2.05, 4.69) is 21.1 Å². The van der Waals surface area contributed by atoms with Crippen LogP contribution in [0.3, 0.4) is 0 Å². The number of hydrogen-bond donors (Lipinski definition) is 0. The summed E-state index contributed by atoms with van der Waals surface area (Å²) in [5, 5.41) is 2.91. The second kappa shape index (κ2) is 5.86. The van der Waals surface area contributed by atoms with E-state index in [1.807, 2.05) is 33.8 Å². The molecule has 1 rings (SSSR count). The van der Waals surface area contributed by atoms with Gasteiger partial charge in [-0.05, 0) is 42.3 Å². The van der Waals surface area contributed by atoms with Gasteiger partial charge in [0.15, 0.2) is 0 Å². The quantitative estimate of drug-likeness (QED) is 0.669. The van der Waals surface area contributed by atoms with Crippen molar-refractivity contribution in [3.05, 3.63) is 32.6 Å². The first-order valence-corrected chi connectivity index (χ1v) is 5.04. The zero-order chi connectivity index (χ0) is 10.4. The molecule has 0 aliphatic carbocycles. The second-order valence-corrected chi connectivity index (χ2v) is 3.34. The highest BCUT2D eigenvalue weighted by Crippen LogP contribution is 2.27. The number of benzene rings is 1. The highest BCUT2D eigenvalue weighted by Gasteiger charge is 2.02. The summed E-state index contributed by atoms with van der Waals surface area (Å²) in [7, 11) is 0. The molecule has 2 nitrogen and oxygen atoms in total. The van der Waals surface area contributed by atoms with Gasteiger partial charge in [0.2, 0.25) is 0 Å². The van der Waals surface area contributed by atoms with Crippen LogP contribution >= 0.6 is 15.9 Å².